The van der Waals surface area contributed by atoms with Crippen molar-refractivity contribution >= 4 is 11.8 Å². The first kappa shape index (κ1) is 13.3. The van der Waals surface area contributed by atoms with Crippen LogP contribution in [0.5, 0.6) is 0 Å². The molecule has 0 bridgehead atoms. The predicted molar refractivity (Wildman–Crippen MR) is 67.7 cm³/mol. The van der Waals surface area contributed by atoms with E-state index in [0.717, 1.165) is 38.0 Å². The molecule has 0 amide bonds. The highest BCUT2D eigenvalue weighted by Crippen LogP contribution is 2.08. The van der Waals surface area contributed by atoms with Gasteiger partial charge in [0, 0.05) is 24.9 Å². The zero-order valence-electron chi connectivity index (χ0n) is 10.2. The van der Waals surface area contributed by atoms with Gasteiger partial charge in [0.1, 0.15) is 0 Å². The van der Waals surface area contributed by atoms with Crippen LogP contribution in [0.3, 0.4) is 0 Å². The van der Waals surface area contributed by atoms with Crippen LogP contribution in [0.25, 0.3) is 0 Å². The summed E-state index contributed by atoms with van der Waals surface area (Å²) in [5, 5.41) is 4.23. The molecule has 1 fully saturated rings. The van der Waals surface area contributed by atoms with Crippen LogP contribution < -0.4 is 5.32 Å². The van der Waals surface area contributed by atoms with E-state index in [0.29, 0.717) is 6.10 Å². The van der Waals surface area contributed by atoms with Crippen LogP contribution in [0.2, 0.25) is 0 Å². The van der Waals surface area contributed by atoms with Gasteiger partial charge in [0.05, 0.1) is 12.7 Å². The minimum atomic E-state index is 0.383. The molecule has 1 saturated heterocycles. The van der Waals surface area contributed by atoms with E-state index < -0.39 is 0 Å². The highest BCUT2D eigenvalue weighted by atomic mass is 32.2. The Balaban J connectivity index is 1.99. The molecule has 0 radical (unpaired) electrons. The number of morpholine rings is 1. The van der Waals surface area contributed by atoms with E-state index in [-0.39, 0.29) is 0 Å². The lowest BCUT2D eigenvalue weighted by molar-refractivity contribution is -0.0179. The maximum Gasteiger partial charge on any atom is 0.0826 e. The van der Waals surface area contributed by atoms with Crippen molar-refractivity contribution < 1.29 is 4.74 Å². The molecule has 4 heteroatoms. The fourth-order valence-corrected chi connectivity index (χ4v) is 2.03. The number of ether oxygens (including phenoxy) is 1. The van der Waals surface area contributed by atoms with Gasteiger partial charge in [-0.1, -0.05) is 6.92 Å². The van der Waals surface area contributed by atoms with Crippen LogP contribution >= 0.6 is 11.8 Å². The molecule has 1 heterocycles. The molecule has 2 atom stereocenters. The molecule has 0 spiro atoms. The molecule has 0 aromatic rings. The minimum Gasteiger partial charge on any atom is -0.374 e. The van der Waals surface area contributed by atoms with Crippen molar-refractivity contribution in [2.45, 2.75) is 24.7 Å². The normalized spacial score (nSPS) is 25.4. The highest BCUT2D eigenvalue weighted by Gasteiger charge is 2.16. The van der Waals surface area contributed by atoms with Crippen molar-refractivity contribution in [3.63, 3.8) is 0 Å². The van der Waals surface area contributed by atoms with Crippen LogP contribution in [0.15, 0.2) is 0 Å². The van der Waals surface area contributed by atoms with E-state index in [9.17, 15) is 0 Å². The van der Waals surface area contributed by atoms with Gasteiger partial charge in [-0.2, -0.15) is 11.8 Å². The van der Waals surface area contributed by atoms with Gasteiger partial charge in [0.2, 0.25) is 0 Å². The summed E-state index contributed by atoms with van der Waals surface area (Å²) in [5.41, 5.74) is 0. The first-order valence-corrected chi connectivity index (χ1v) is 7.05. The molecule has 0 saturated carbocycles. The zero-order chi connectivity index (χ0) is 11.1. The smallest absolute Gasteiger partial charge is 0.0826 e. The molecule has 2 unspecified atom stereocenters. The number of hydrogen-bond donors (Lipinski definition) is 1. The molecular formula is C11H24N2OS. The molecule has 90 valence electrons. The van der Waals surface area contributed by atoms with Crippen LogP contribution in [0.4, 0.5) is 0 Å². The summed E-state index contributed by atoms with van der Waals surface area (Å²) in [5.74, 6) is 0. The Labute approximate surface area is 97.9 Å². The summed E-state index contributed by atoms with van der Waals surface area (Å²) in [6, 6.07) is 0. The SMILES string of the molecule is CSC(C)CCNCC1CN(C)CCO1. The quantitative estimate of drug-likeness (QED) is 0.692. The van der Waals surface area contributed by atoms with E-state index in [1.807, 2.05) is 11.8 Å². The third kappa shape index (κ3) is 5.76. The van der Waals surface area contributed by atoms with E-state index in [2.05, 4.69) is 30.4 Å². The van der Waals surface area contributed by atoms with Crippen LogP contribution in [0.1, 0.15) is 13.3 Å². The maximum absolute atomic E-state index is 5.67. The van der Waals surface area contributed by atoms with Gasteiger partial charge in [0.25, 0.3) is 0 Å². The van der Waals surface area contributed by atoms with Crippen molar-refractivity contribution in [2.24, 2.45) is 0 Å². The molecule has 1 N–H and O–H groups in total. The number of thioether (sulfide) groups is 1. The summed E-state index contributed by atoms with van der Waals surface area (Å²) in [7, 11) is 2.16. The van der Waals surface area contributed by atoms with Crippen LogP contribution in [-0.4, -0.2) is 62.3 Å². The third-order valence-corrected chi connectivity index (χ3v) is 3.88. The Morgan fingerprint density at radius 3 is 3.07 bits per heavy atom. The molecule has 1 aliphatic heterocycles. The third-order valence-electron chi connectivity index (χ3n) is 2.84. The fraction of sp³-hybridized carbons (Fsp3) is 1.00. The average molecular weight is 232 g/mol. The summed E-state index contributed by atoms with van der Waals surface area (Å²) in [6.45, 7) is 7.38. The van der Waals surface area contributed by atoms with Gasteiger partial charge < -0.3 is 15.0 Å². The van der Waals surface area contributed by atoms with Crippen LogP contribution in [-0.2, 0) is 4.74 Å². The van der Waals surface area contributed by atoms with Gasteiger partial charge >= 0.3 is 0 Å². The van der Waals surface area contributed by atoms with Gasteiger partial charge in [-0.3, -0.25) is 0 Å². The standard InChI is InChI=1S/C11H24N2OS/c1-10(15-3)4-5-12-8-11-9-13(2)6-7-14-11/h10-12H,4-9H2,1-3H3. The van der Waals surface area contributed by atoms with Gasteiger partial charge in [0.15, 0.2) is 0 Å². The lowest BCUT2D eigenvalue weighted by Crippen LogP contribution is -2.45. The monoisotopic (exact) mass is 232 g/mol. The van der Waals surface area contributed by atoms with E-state index in [1.54, 1.807) is 0 Å². The molecule has 1 aliphatic rings. The Hall–Kier alpha value is 0.230. The molecule has 0 aromatic heterocycles. The molecule has 1 rings (SSSR count). The number of nitrogens with one attached hydrogen (secondary N) is 1. The number of rotatable bonds is 6. The summed E-state index contributed by atoms with van der Waals surface area (Å²) >= 11 is 1.93. The molecule has 3 nitrogen and oxygen atoms in total. The number of nitrogens with zero attached hydrogens (tertiary/aromatic N) is 1. The summed E-state index contributed by atoms with van der Waals surface area (Å²) < 4.78 is 5.67. The van der Waals surface area contributed by atoms with Gasteiger partial charge in [-0.05, 0) is 26.3 Å². The first-order valence-electron chi connectivity index (χ1n) is 5.76. The topological polar surface area (TPSA) is 24.5 Å². The van der Waals surface area contributed by atoms with E-state index in [4.69, 9.17) is 4.74 Å². The second kappa shape index (κ2) is 7.49. The zero-order valence-corrected chi connectivity index (χ0v) is 11.0. The predicted octanol–water partition coefficient (Wildman–Crippen LogP) is 1.05. The molecule has 0 aliphatic carbocycles. The lowest BCUT2D eigenvalue weighted by atomic mass is 10.2. The molecule has 15 heavy (non-hydrogen) atoms. The van der Waals surface area contributed by atoms with Crippen molar-refractivity contribution in [3.8, 4) is 0 Å². The number of hydrogen-bond acceptors (Lipinski definition) is 4. The second-order valence-electron chi connectivity index (χ2n) is 4.29. The maximum atomic E-state index is 5.67. The van der Waals surface area contributed by atoms with Gasteiger partial charge in [-0.15, -0.1) is 0 Å². The highest BCUT2D eigenvalue weighted by molar-refractivity contribution is 7.99. The van der Waals surface area contributed by atoms with Crippen molar-refractivity contribution in [2.75, 3.05) is 46.1 Å². The molecule has 0 aromatic carbocycles. The molecular weight excluding hydrogens is 208 g/mol. The Morgan fingerprint density at radius 1 is 1.60 bits per heavy atom. The largest absolute Gasteiger partial charge is 0.374 e. The summed E-state index contributed by atoms with van der Waals surface area (Å²) in [6.07, 6.45) is 3.79. The fourth-order valence-electron chi connectivity index (χ4n) is 1.68. The van der Waals surface area contributed by atoms with E-state index >= 15 is 0 Å². The minimum absolute atomic E-state index is 0.383. The Bertz CT molecular complexity index is 169. The first-order chi connectivity index (χ1) is 7.22. The van der Waals surface area contributed by atoms with Crippen molar-refractivity contribution in [3.05, 3.63) is 0 Å². The Kier molecular flexibility index (Phi) is 6.64. The van der Waals surface area contributed by atoms with Crippen molar-refractivity contribution in [1.82, 2.24) is 10.2 Å². The second-order valence-corrected chi connectivity index (χ2v) is 5.57. The van der Waals surface area contributed by atoms with Crippen LogP contribution in [0, 0.1) is 0 Å². The van der Waals surface area contributed by atoms with Crippen molar-refractivity contribution in [1.29, 1.82) is 0 Å². The summed E-state index contributed by atoms with van der Waals surface area (Å²) in [4.78, 5) is 2.33. The number of likely N-dealkylation sites (N-methyl/N-ethyl adjacent to an activating group) is 1. The Morgan fingerprint density at radius 2 is 2.40 bits per heavy atom. The lowest BCUT2D eigenvalue weighted by Gasteiger charge is -2.30. The average Bonchev–Trinajstić information content (AvgIpc) is 2.24. The van der Waals surface area contributed by atoms with Gasteiger partial charge in [-0.25, -0.2) is 0 Å². The van der Waals surface area contributed by atoms with E-state index in [1.165, 1.54) is 6.42 Å².